The van der Waals surface area contributed by atoms with Crippen molar-refractivity contribution in [3.63, 3.8) is 0 Å². The molecular weight excluding hydrogens is 358 g/mol. The molecule has 2 aromatic rings. The number of benzene rings is 1. The summed E-state index contributed by atoms with van der Waals surface area (Å²) in [6, 6.07) is 7.35. The number of aryl methyl sites for hydroxylation is 2. The molecule has 2 heterocycles. The maximum Gasteiger partial charge on any atom is 0.321 e. The molecule has 1 fully saturated rings. The Hall–Kier alpha value is -3.03. The van der Waals surface area contributed by atoms with Gasteiger partial charge in [0.25, 0.3) is 0 Å². The Kier molecular flexibility index (Phi) is 5.18. The molecule has 1 aromatic carbocycles. The molecule has 0 radical (unpaired) electrons. The number of hydrogen-bond donors (Lipinski definition) is 1. The highest BCUT2D eigenvalue weighted by Crippen LogP contribution is 2.26. The fraction of sp³-hybridized carbons (Fsp3) is 0.450. The van der Waals surface area contributed by atoms with Crippen molar-refractivity contribution in [1.82, 2.24) is 15.1 Å². The van der Waals surface area contributed by atoms with E-state index in [-0.39, 0.29) is 6.03 Å². The van der Waals surface area contributed by atoms with Crippen LogP contribution < -0.4 is 19.7 Å². The molecule has 0 bridgehead atoms. The minimum absolute atomic E-state index is 0.130. The van der Waals surface area contributed by atoms with E-state index in [0.29, 0.717) is 30.3 Å². The maximum atomic E-state index is 12.6. The van der Waals surface area contributed by atoms with Gasteiger partial charge >= 0.3 is 6.03 Å². The Balaban J connectivity index is 1.36. The molecule has 1 aliphatic carbocycles. The monoisotopic (exact) mass is 383 g/mol. The van der Waals surface area contributed by atoms with Crippen LogP contribution >= 0.6 is 0 Å². The second kappa shape index (κ2) is 7.92. The number of hydrogen-bond acceptors (Lipinski definition) is 6. The number of carbonyl (C=O) groups excluding carboxylic acids is 1. The molecule has 1 saturated heterocycles. The van der Waals surface area contributed by atoms with Gasteiger partial charge in [-0.15, -0.1) is 5.10 Å². The minimum atomic E-state index is -0.130. The number of urea groups is 1. The molecular formula is C20H25N5O3. The largest absolute Gasteiger partial charge is 0.497 e. The molecule has 0 saturated carbocycles. The number of nitrogens with zero attached hydrogens (tertiary/aromatic N) is 4. The average Bonchev–Trinajstić information content (AvgIpc) is 3.21. The lowest BCUT2D eigenvalue weighted by Gasteiger charge is -2.35. The fourth-order valence-electron chi connectivity index (χ4n) is 3.69. The van der Waals surface area contributed by atoms with Gasteiger partial charge < -0.3 is 24.6 Å². The minimum Gasteiger partial charge on any atom is -0.497 e. The van der Waals surface area contributed by atoms with Gasteiger partial charge in [0.2, 0.25) is 0 Å². The Bertz CT molecular complexity index is 843. The van der Waals surface area contributed by atoms with Crippen molar-refractivity contribution in [2.75, 3.05) is 50.6 Å². The number of carbonyl (C=O) groups is 1. The number of anilines is 2. The Morgan fingerprint density at radius 2 is 1.68 bits per heavy atom. The topological polar surface area (TPSA) is 79.8 Å². The molecule has 1 N–H and O–H groups in total. The molecule has 4 rings (SSSR count). The van der Waals surface area contributed by atoms with E-state index in [1.54, 1.807) is 32.4 Å². The number of ether oxygens (including phenoxy) is 2. The molecule has 8 heteroatoms. The fourth-order valence-corrected chi connectivity index (χ4v) is 3.69. The zero-order valence-corrected chi connectivity index (χ0v) is 16.3. The number of aromatic nitrogens is 2. The van der Waals surface area contributed by atoms with Crippen molar-refractivity contribution >= 4 is 17.5 Å². The van der Waals surface area contributed by atoms with E-state index in [4.69, 9.17) is 9.47 Å². The molecule has 2 amide bonds. The first-order valence-corrected chi connectivity index (χ1v) is 9.55. The second-order valence-corrected chi connectivity index (χ2v) is 7.03. The third-order valence-electron chi connectivity index (χ3n) is 5.30. The van der Waals surface area contributed by atoms with Crippen LogP contribution in [-0.2, 0) is 12.8 Å². The molecule has 2 aliphatic rings. The van der Waals surface area contributed by atoms with E-state index in [0.717, 1.165) is 43.9 Å². The van der Waals surface area contributed by atoms with E-state index < -0.39 is 0 Å². The quantitative estimate of drug-likeness (QED) is 0.873. The van der Waals surface area contributed by atoms with Crippen LogP contribution in [0.25, 0.3) is 0 Å². The van der Waals surface area contributed by atoms with Gasteiger partial charge in [-0.05, 0) is 30.9 Å². The number of fused-ring (bicyclic) bond motifs is 1. The van der Waals surface area contributed by atoms with E-state index in [1.807, 2.05) is 4.90 Å². The van der Waals surface area contributed by atoms with Crippen LogP contribution in [0.4, 0.5) is 16.3 Å². The number of nitrogens with one attached hydrogen (secondary N) is 1. The van der Waals surface area contributed by atoms with Crippen LogP contribution in [0.5, 0.6) is 11.5 Å². The Labute approximate surface area is 164 Å². The van der Waals surface area contributed by atoms with Gasteiger partial charge in [-0.2, -0.15) is 5.10 Å². The lowest BCUT2D eigenvalue weighted by molar-refractivity contribution is 0.208. The highest BCUT2D eigenvalue weighted by molar-refractivity contribution is 5.90. The third kappa shape index (κ3) is 3.81. The van der Waals surface area contributed by atoms with Crippen LogP contribution in [0, 0.1) is 0 Å². The van der Waals surface area contributed by atoms with Crippen LogP contribution in [0.1, 0.15) is 17.7 Å². The normalized spacial score (nSPS) is 15.9. The summed E-state index contributed by atoms with van der Waals surface area (Å²) in [6.45, 7) is 2.74. The van der Waals surface area contributed by atoms with Gasteiger partial charge in [0, 0.05) is 50.1 Å². The van der Waals surface area contributed by atoms with Crippen LogP contribution in [-0.4, -0.2) is 61.5 Å². The van der Waals surface area contributed by atoms with Crippen molar-refractivity contribution in [3.05, 3.63) is 35.5 Å². The van der Waals surface area contributed by atoms with Crippen molar-refractivity contribution in [2.24, 2.45) is 0 Å². The van der Waals surface area contributed by atoms with Crippen LogP contribution in [0.15, 0.2) is 24.3 Å². The first-order valence-electron chi connectivity index (χ1n) is 9.55. The highest BCUT2D eigenvalue weighted by Gasteiger charge is 2.24. The van der Waals surface area contributed by atoms with Crippen molar-refractivity contribution in [3.8, 4) is 11.5 Å². The van der Waals surface area contributed by atoms with Crippen LogP contribution in [0.3, 0.4) is 0 Å². The van der Waals surface area contributed by atoms with Crippen LogP contribution in [0.2, 0.25) is 0 Å². The summed E-state index contributed by atoms with van der Waals surface area (Å²) in [6.07, 6.45) is 3.28. The van der Waals surface area contributed by atoms with E-state index >= 15 is 0 Å². The van der Waals surface area contributed by atoms with Gasteiger partial charge in [-0.3, -0.25) is 0 Å². The first-order chi connectivity index (χ1) is 13.7. The molecule has 0 unspecified atom stereocenters. The summed E-state index contributed by atoms with van der Waals surface area (Å²) >= 11 is 0. The predicted octanol–water partition coefficient (Wildman–Crippen LogP) is 2.34. The van der Waals surface area contributed by atoms with Gasteiger partial charge in [-0.25, -0.2) is 4.79 Å². The molecule has 8 nitrogen and oxygen atoms in total. The zero-order valence-electron chi connectivity index (χ0n) is 16.3. The number of rotatable bonds is 4. The lowest BCUT2D eigenvalue weighted by atomic mass is 10.2. The molecule has 148 valence electrons. The summed E-state index contributed by atoms with van der Waals surface area (Å²) in [7, 11) is 3.17. The maximum absolute atomic E-state index is 12.6. The van der Waals surface area contributed by atoms with Gasteiger partial charge in [0.05, 0.1) is 19.9 Å². The number of amides is 2. The molecule has 0 spiro atoms. The third-order valence-corrected chi connectivity index (χ3v) is 5.30. The van der Waals surface area contributed by atoms with E-state index in [1.165, 1.54) is 5.56 Å². The van der Waals surface area contributed by atoms with E-state index in [2.05, 4.69) is 26.5 Å². The van der Waals surface area contributed by atoms with Gasteiger partial charge in [0.1, 0.15) is 11.5 Å². The summed E-state index contributed by atoms with van der Waals surface area (Å²) in [5.74, 6) is 2.18. The lowest BCUT2D eigenvalue weighted by Crippen LogP contribution is -2.50. The molecule has 0 atom stereocenters. The standard InChI is InChI=1S/C20H25N5O3/c1-27-16-11-15(12-17(13-16)28-2)21-20(26)25-8-6-24(7-9-25)19-10-14-4-3-5-18(14)22-23-19/h10-13H,3-9H2,1-2H3,(H,21,26). The van der Waals surface area contributed by atoms with Gasteiger partial charge in [0.15, 0.2) is 5.82 Å². The van der Waals surface area contributed by atoms with Crippen molar-refractivity contribution in [1.29, 1.82) is 0 Å². The SMILES string of the molecule is COc1cc(NC(=O)N2CCN(c3cc4c(nn3)CCC4)CC2)cc(OC)c1. The van der Waals surface area contributed by atoms with Crippen molar-refractivity contribution < 1.29 is 14.3 Å². The smallest absolute Gasteiger partial charge is 0.321 e. The highest BCUT2D eigenvalue weighted by atomic mass is 16.5. The Morgan fingerprint density at radius 1 is 0.964 bits per heavy atom. The Morgan fingerprint density at radius 3 is 2.36 bits per heavy atom. The summed E-state index contributed by atoms with van der Waals surface area (Å²) in [4.78, 5) is 16.7. The number of piperazine rings is 1. The molecule has 1 aromatic heterocycles. The number of methoxy groups -OCH3 is 2. The van der Waals surface area contributed by atoms with Crippen molar-refractivity contribution in [2.45, 2.75) is 19.3 Å². The predicted molar refractivity (Wildman–Crippen MR) is 106 cm³/mol. The molecule has 28 heavy (non-hydrogen) atoms. The second-order valence-electron chi connectivity index (χ2n) is 7.03. The average molecular weight is 383 g/mol. The molecule has 1 aliphatic heterocycles. The summed E-state index contributed by atoms with van der Waals surface area (Å²) in [5.41, 5.74) is 3.10. The summed E-state index contributed by atoms with van der Waals surface area (Å²) in [5, 5.41) is 11.7. The summed E-state index contributed by atoms with van der Waals surface area (Å²) < 4.78 is 10.5. The van der Waals surface area contributed by atoms with E-state index in [9.17, 15) is 4.79 Å². The first kappa shape index (κ1) is 18.3. The zero-order chi connectivity index (χ0) is 19.5. The van der Waals surface area contributed by atoms with Gasteiger partial charge in [-0.1, -0.05) is 0 Å².